The predicted molar refractivity (Wildman–Crippen MR) is 72.6 cm³/mol. The first-order valence-corrected chi connectivity index (χ1v) is 7.23. The smallest absolute Gasteiger partial charge is 0.156 e. The number of rotatable bonds is 5. The van der Waals surface area contributed by atoms with Gasteiger partial charge in [0.25, 0.3) is 0 Å². The van der Waals surface area contributed by atoms with Crippen LogP contribution < -0.4 is 5.32 Å². The van der Waals surface area contributed by atoms with E-state index in [1.54, 1.807) is 23.1 Å². The highest BCUT2D eigenvalue weighted by atomic mass is 32.2. The summed E-state index contributed by atoms with van der Waals surface area (Å²) in [7, 11) is 0. The van der Waals surface area contributed by atoms with Gasteiger partial charge in [0.05, 0.1) is 0 Å². The molecule has 2 heterocycles. The maximum Gasteiger partial charge on any atom is 0.156 e. The highest BCUT2D eigenvalue weighted by molar-refractivity contribution is 8.00. The molecule has 0 unspecified atom stereocenters. The van der Waals surface area contributed by atoms with E-state index in [-0.39, 0.29) is 0 Å². The van der Waals surface area contributed by atoms with Crippen LogP contribution in [-0.2, 0) is 6.54 Å². The van der Waals surface area contributed by atoms with Gasteiger partial charge in [-0.15, -0.1) is 11.3 Å². The summed E-state index contributed by atoms with van der Waals surface area (Å²) in [5.74, 6) is 0. The van der Waals surface area contributed by atoms with Crippen LogP contribution in [0, 0.1) is 6.92 Å². The van der Waals surface area contributed by atoms with Crippen molar-refractivity contribution in [1.29, 1.82) is 0 Å². The van der Waals surface area contributed by atoms with E-state index in [2.05, 4.69) is 33.7 Å². The van der Waals surface area contributed by atoms with Gasteiger partial charge in [-0.2, -0.15) is 0 Å². The molecule has 0 radical (unpaired) electrons. The predicted octanol–water partition coefficient (Wildman–Crippen LogP) is 3.11. The van der Waals surface area contributed by atoms with Gasteiger partial charge in [0.1, 0.15) is 5.03 Å². The van der Waals surface area contributed by atoms with E-state index in [1.807, 2.05) is 19.2 Å². The molecule has 2 aromatic rings. The van der Waals surface area contributed by atoms with Crippen molar-refractivity contribution >= 4 is 23.1 Å². The SMILES string of the molecule is CCNCc1ccc(Sc2nc(C)cs2)nc1. The summed E-state index contributed by atoms with van der Waals surface area (Å²) in [6.45, 7) is 5.97. The van der Waals surface area contributed by atoms with E-state index >= 15 is 0 Å². The zero-order valence-electron chi connectivity index (χ0n) is 9.93. The van der Waals surface area contributed by atoms with Crippen molar-refractivity contribution in [3.05, 3.63) is 35.0 Å². The highest BCUT2D eigenvalue weighted by Crippen LogP contribution is 2.28. The van der Waals surface area contributed by atoms with Crippen LogP contribution in [0.1, 0.15) is 18.2 Å². The van der Waals surface area contributed by atoms with Crippen molar-refractivity contribution in [3.8, 4) is 0 Å². The molecule has 0 aliphatic heterocycles. The normalized spacial score (nSPS) is 10.7. The van der Waals surface area contributed by atoms with Gasteiger partial charge in [0.15, 0.2) is 4.34 Å². The molecule has 0 saturated heterocycles. The summed E-state index contributed by atoms with van der Waals surface area (Å²) in [5.41, 5.74) is 2.28. The van der Waals surface area contributed by atoms with Crippen molar-refractivity contribution in [3.63, 3.8) is 0 Å². The van der Waals surface area contributed by atoms with Crippen LogP contribution in [0.15, 0.2) is 33.1 Å². The Bertz CT molecular complexity index is 465. The second kappa shape index (κ2) is 6.14. The first-order valence-electron chi connectivity index (χ1n) is 5.53. The van der Waals surface area contributed by atoms with Gasteiger partial charge in [0, 0.05) is 23.8 Å². The average Bonchev–Trinajstić information content (AvgIpc) is 2.74. The Morgan fingerprint density at radius 1 is 1.41 bits per heavy atom. The number of thiazole rings is 1. The van der Waals surface area contributed by atoms with Gasteiger partial charge >= 0.3 is 0 Å². The quantitative estimate of drug-likeness (QED) is 0.901. The van der Waals surface area contributed by atoms with Gasteiger partial charge in [-0.25, -0.2) is 9.97 Å². The molecule has 17 heavy (non-hydrogen) atoms. The van der Waals surface area contributed by atoms with Crippen LogP contribution in [0.5, 0.6) is 0 Å². The molecule has 0 aliphatic carbocycles. The number of nitrogens with one attached hydrogen (secondary N) is 1. The Labute approximate surface area is 110 Å². The number of aryl methyl sites for hydroxylation is 1. The van der Waals surface area contributed by atoms with Gasteiger partial charge in [-0.05, 0) is 36.9 Å². The summed E-state index contributed by atoms with van der Waals surface area (Å²) < 4.78 is 1.05. The molecule has 2 rings (SSSR count). The Hall–Kier alpha value is -0.910. The van der Waals surface area contributed by atoms with Gasteiger partial charge in [-0.1, -0.05) is 13.0 Å². The van der Waals surface area contributed by atoms with Gasteiger partial charge in [-0.3, -0.25) is 0 Å². The van der Waals surface area contributed by atoms with E-state index in [1.165, 1.54) is 5.56 Å². The fourth-order valence-corrected chi connectivity index (χ4v) is 3.04. The molecular weight excluding hydrogens is 250 g/mol. The summed E-state index contributed by atoms with van der Waals surface area (Å²) in [5, 5.41) is 6.34. The zero-order valence-corrected chi connectivity index (χ0v) is 11.6. The molecule has 0 aliphatic rings. The Morgan fingerprint density at radius 2 is 2.29 bits per heavy atom. The Morgan fingerprint density at radius 3 is 2.88 bits per heavy atom. The highest BCUT2D eigenvalue weighted by Gasteiger charge is 2.02. The molecule has 2 aromatic heterocycles. The number of aromatic nitrogens is 2. The van der Waals surface area contributed by atoms with Crippen molar-refractivity contribution in [1.82, 2.24) is 15.3 Å². The van der Waals surface area contributed by atoms with Crippen molar-refractivity contribution in [2.24, 2.45) is 0 Å². The lowest BCUT2D eigenvalue weighted by Crippen LogP contribution is -2.11. The Kier molecular flexibility index (Phi) is 4.53. The molecule has 0 bridgehead atoms. The van der Waals surface area contributed by atoms with E-state index in [0.717, 1.165) is 28.1 Å². The van der Waals surface area contributed by atoms with Crippen LogP contribution in [0.2, 0.25) is 0 Å². The third-order valence-electron chi connectivity index (χ3n) is 2.17. The maximum absolute atomic E-state index is 4.43. The first kappa shape index (κ1) is 12.5. The van der Waals surface area contributed by atoms with Crippen LogP contribution in [0.3, 0.4) is 0 Å². The topological polar surface area (TPSA) is 37.8 Å². The Balaban J connectivity index is 1.98. The van der Waals surface area contributed by atoms with Crippen LogP contribution in [-0.4, -0.2) is 16.5 Å². The minimum atomic E-state index is 0.880. The molecule has 0 spiro atoms. The second-order valence-corrected chi connectivity index (χ2v) is 5.77. The van der Waals surface area contributed by atoms with Gasteiger partial charge < -0.3 is 5.32 Å². The molecule has 3 nitrogen and oxygen atoms in total. The fourth-order valence-electron chi connectivity index (χ4n) is 1.31. The summed E-state index contributed by atoms with van der Waals surface area (Å²) in [6, 6.07) is 4.16. The van der Waals surface area contributed by atoms with E-state index in [9.17, 15) is 0 Å². The molecule has 0 fully saturated rings. The van der Waals surface area contributed by atoms with Gasteiger partial charge in [0.2, 0.25) is 0 Å². The molecule has 0 amide bonds. The molecule has 5 heteroatoms. The van der Waals surface area contributed by atoms with Crippen molar-refractivity contribution < 1.29 is 0 Å². The molecule has 0 saturated carbocycles. The third-order valence-corrected chi connectivity index (χ3v) is 4.17. The summed E-state index contributed by atoms with van der Waals surface area (Å²) in [6.07, 6.45) is 1.92. The minimum Gasteiger partial charge on any atom is -0.313 e. The number of pyridine rings is 1. The van der Waals surface area contributed by atoms with Crippen LogP contribution >= 0.6 is 23.1 Å². The fraction of sp³-hybridized carbons (Fsp3) is 0.333. The zero-order chi connectivity index (χ0) is 12.1. The van der Waals surface area contributed by atoms with Crippen LogP contribution in [0.25, 0.3) is 0 Å². The third kappa shape index (κ3) is 3.80. The molecule has 90 valence electrons. The summed E-state index contributed by atoms with van der Waals surface area (Å²) >= 11 is 3.28. The first-order chi connectivity index (χ1) is 8.28. The van der Waals surface area contributed by atoms with E-state index in [4.69, 9.17) is 0 Å². The lowest BCUT2D eigenvalue weighted by molar-refractivity contribution is 0.723. The van der Waals surface area contributed by atoms with E-state index in [0.29, 0.717) is 0 Å². The number of hydrogen-bond acceptors (Lipinski definition) is 5. The van der Waals surface area contributed by atoms with Crippen molar-refractivity contribution in [2.75, 3.05) is 6.54 Å². The number of hydrogen-bond donors (Lipinski definition) is 1. The standard InChI is InChI=1S/C12H15N3S2/c1-3-13-6-10-4-5-11(14-7-10)17-12-15-9(2)8-16-12/h4-5,7-8,13H,3,6H2,1-2H3. The molecular formula is C12H15N3S2. The van der Waals surface area contributed by atoms with Crippen molar-refractivity contribution in [2.45, 2.75) is 29.8 Å². The summed E-state index contributed by atoms with van der Waals surface area (Å²) in [4.78, 5) is 8.83. The molecule has 0 aromatic carbocycles. The largest absolute Gasteiger partial charge is 0.313 e. The molecule has 1 N–H and O–H groups in total. The van der Waals surface area contributed by atoms with Crippen LogP contribution in [0.4, 0.5) is 0 Å². The monoisotopic (exact) mass is 265 g/mol. The van der Waals surface area contributed by atoms with E-state index < -0.39 is 0 Å². The minimum absolute atomic E-state index is 0.880. The maximum atomic E-state index is 4.43. The lowest BCUT2D eigenvalue weighted by Gasteiger charge is -2.02. The average molecular weight is 265 g/mol. The molecule has 0 atom stereocenters. The lowest BCUT2D eigenvalue weighted by atomic mass is 10.3. The number of nitrogens with zero attached hydrogens (tertiary/aromatic N) is 2. The second-order valence-electron chi connectivity index (χ2n) is 3.64.